The molecule has 0 N–H and O–H groups in total. The zero-order valence-corrected chi connectivity index (χ0v) is 21.1. The SMILES string of the molecule is O=C1S/C(=C\c2cn(Cc3ccc(F)cc3Cl)c3ccccc23)C(=O)N1Cc1c(Cl)cccc1Cl. The smallest absolute Gasteiger partial charge is 0.293 e. The third-order valence-corrected chi connectivity index (χ3v) is 7.68. The molecule has 35 heavy (non-hydrogen) atoms. The lowest BCUT2D eigenvalue weighted by atomic mass is 10.1. The van der Waals surface area contributed by atoms with Crippen LogP contribution in [0.1, 0.15) is 16.7 Å². The molecule has 1 saturated heterocycles. The Bertz CT molecular complexity index is 1510. The lowest BCUT2D eigenvalue weighted by Crippen LogP contribution is -2.27. The van der Waals surface area contributed by atoms with E-state index in [9.17, 15) is 14.0 Å². The van der Waals surface area contributed by atoms with Gasteiger partial charge in [-0.3, -0.25) is 14.5 Å². The standard InChI is InChI=1S/C26H16Cl3FN2O2S/c27-20-5-3-6-21(28)19(20)14-32-25(33)24(35-26(32)34)10-16-13-31(23-7-2-1-4-18(16)23)12-15-8-9-17(30)11-22(15)29/h1-11,13H,12,14H2/b24-10-. The lowest BCUT2D eigenvalue weighted by Gasteiger charge is -2.14. The summed E-state index contributed by atoms with van der Waals surface area (Å²) < 4.78 is 15.5. The number of para-hydroxylation sites is 1. The van der Waals surface area contributed by atoms with Gasteiger partial charge in [-0.1, -0.05) is 65.1 Å². The molecule has 2 heterocycles. The first-order valence-electron chi connectivity index (χ1n) is 10.5. The number of rotatable bonds is 5. The van der Waals surface area contributed by atoms with Crippen LogP contribution in [0.3, 0.4) is 0 Å². The summed E-state index contributed by atoms with van der Waals surface area (Å²) in [5, 5.41) is 1.64. The van der Waals surface area contributed by atoms with Crippen molar-refractivity contribution in [3.8, 4) is 0 Å². The van der Waals surface area contributed by atoms with Gasteiger partial charge in [0.15, 0.2) is 0 Å². The van der Waals surface area contributed by atoms with Gasteiger partial charge in [-0.05, 0) is 53.7 Å². The Kier molecular flexibility index (Phi) is 6.64. The van der Waals surface area contributed by atoms with Gasteiger partial charge in [0.25, 0.3) is 11.1 Å². The van der Waals surface area contributed by atoms with Gasteiger partial charge in [0, 0.05) is 49.8 Å². The van der Waals surface area contributed by atoms with Crippen LogP contribution >= 0.6 is 46.6 Å². The highest BCUT2D eigenvalue weighted by Gasteiger charge is 2.36. The molecule has 0 atom stereocenters. The van der Waals surface area contributed by atoms with Gasteiger partial charge in [-0.15, -0.1) is 0 Å². The van der Waals surface area contributed by atoms with E-state index in [1.165, 1.54) is 12.1 Å². The van der Waals surface area contributed by atoms with E-state index < -0.39 is 11.7 Å². The molecule has 0 radical (unpaired) electrons. The summed E-state index contributed by atoms with van der Waals surface area (Å²) in [4.78, 5) is 27.3. The van der Waals surface area contributed by atoms with E-state index in [1.807, 2.05) is 35.0 Å². The van der Waals surface area contributed by atoms with Crippen molar-refractivity contribution in [2.45, 2.75) is 13.1 Å². The van der Waals surface area contributed by atoms with E-state index >= 15 is 0 Å². The molecule has 4 aromatic rings. The Morgan fingerprint density at radius 3 is 2.37 bits per heavy atom. The first-order chi connectivity index (χ1) is 16.8. The second kappa shape index (κ2) is 9.70. The first-order valence-corrected chi connectivity index (χ1v) is 12.5. The van der Waals surface area contributed by atoms with Crippen LogP contribution in [0.4, 0.5) is 9.18 Å². The average molecular weight is 546 g/mol. The number of fused-ring (bicyclic) bond motifs is 1. The maximum atomic E-state index is 13.5. The van der Waals surface area contributed by atoms with E-state index in [0.717, 1.165) is 38.7 Å². The first kappa shape index (κ1) is 23.9. The lowest BCUT2D eigenvalue weighted by molar-refractivity contribution is -0.123. The molecule has 1 fully saturated rings. The number of halogens is 4. The van der Waals surface area contributed by atoms with Crippen LogP contribution in [0.25, 0.3) is 17.0 Å². The molecule has 2 amide bonds. The van der Waals surface area contributed by atoms with Crippen LogP contribution in [-0.2, 0) is 17.9 Å². The molecule has 1 aliphatic heterocycles. The summed E-state index contributed by atoms with van der Waals surface area (Å²) in [6.45, 7) is 0.408. The van der Waals surface area contributed by atoms with Gasteiger partial charge in [0.2, 0.25) is 0 Å². The largest absolute Gasteiger partial charge is 0.342 e. The monoisotopic (exact) mass is 544 g/mol. The number of hydrogen-bond acceptors (Lipinski definition) is 3. The van der Waals surface area contributed by atoms with Crippen LogP contribution in [0.15, 0.2) is 71.8 Å². The van der Waals surface area contributed by atoms with Gasteiger partial charge < -0.3 is 4.57 Å². The van der Waals surface area contributed by atoms with Crippen LogP contribution in [0.5, 0.6) is 0 Å². The number of imide groups is 1. The number of carbonyl (C=O) groups excluding carboxylic acids is 2. The molecule has 4 nitrogen and oxygen atoms in total. The van der Waals surface area contributed by atoms with E-state index in [-0.39, 0.29) is 11.8 Å². The fourth-order valence-electron chi connectivity index (χ4n) is 3.97. The quantitative estimate of drug-likeness (QED) is 0.238. The maximum Gasteiger partial charge on any atom is 0.293 e. The molecule has 0 bridgehead atoms. The van der Waals surface area contributed by atoms with Crippen LogP contribution in [-0.4, -0.2) is 20.6 Å². The molecule has 0 saturated carbocycles. The van der Waals surface area contributed by atoms with Crippen molar-refractivity contribution in [2.75, 3.05) is 0 Å². The average Bonchev–Trinajstić information content (AvgIpc) is 3.30. The van der Waals surface area contributed by atoms with Crippen molar-refractivity contribution in [2.24, 2.45) is 0 Å². The molecule has 0 aliphatic carbocycles. The molecule has 1 aliphatic rings. The third-order valence-electron chi connectivity index (χ3n) is 5.71. The Hall–Kier alpha value is -2.77. The highest BCUT2D eigenvalue weighted by molar-refractivity contribution is 8.18. The molecule has 0 unspecified atom stereocenters. The number of carbonyl (C=O) groups is 2. The van der Waals surface area contributed by atoms with Crippen LogP contribution in [0, 0.1) is 5.82 Å². The van der Waals surface area contributed by atoms with Gasteiger partial charge in [0.1, 0.15) is 5.82 Å². The van der Waals surface area contributed by atoms with Gasteiger partial charge in [0.05, 0.1) is 11.4 Å². The van der Waals surface area contributed by atoms with Crippen molar-refractivity contribution in [3.63, 3.8) is 0 Å². The molecule has 176 valence electrons. The normalized spacial score (nSPS) is 15.1. The second-order valence-electron chi connectivity index (χ2n) is 7.93. The zero-order valence-electron chi connectivity index (χ0n) is 18.0. The number of nitrogens with zero attached hydrogens (tertiary/aromatic N) is 2. The fraction of sp³-hybridized carbons (Fsp3) is 0.0769. The molecule has 5 rings (SSSR count). The molecule has 1 aromatic heterocycles. The summed E-state index contributed by atoms with van der Waals surface area (Å²) in [6, 6.07) is 17.1. The molecule has 0 spiro atoms. The number of aromatic nitrogens is 1. The highest BCUT2D eigenvalue weighted by atomic mass is 35.5. The van der Waals surface area contributed by atoms with Gasteiger partial charge >= 0.3 is 0 Å². The van der Waals surface area contributed by atoms with Crippen LogP contribution < -0.4 is 0 Å². The number of amides is 2. The van der Waals surface area contributed by atoms with Crippen molar-refractivity contribution in [1.29, 1.82) is 0 Å². The van der Waals surface area contributed by atoms with Crippen molar-refractivity contribution in [3.05, 3.63) is 109 Å². The number of thioether (sulfide) groups is 1. The molecular weight excluding hydrogens is 530 g/mol. The van der Waals surface area contributed by atoms with E-state index in [1.54, 1.807) is 30.3 Å². The Morgan fingerprint density at radius 1 is 0.886 bits per heavy atom. The van der Waals surface area contributed by atoms with Crippen molar-refractivity contribution < 1.29 is 14.0 Å². The van der Waals surface area contributed by atoms with Crippen molar-refractivity contribution in [1.82, 2.24) is 9.47 Å². The summed E-state index contributed by atoms with van der Waals surface area (Å²) in [5.74, 6) is -0.806. The summed E-state index contributed by atoms with van der Waals surface area (Å²) in [6.07, 6.45) is 3.60. The molecular formula is C26H16Cl3FN2O2S. The minimum atomic E-state index is -0.408. The summed E-state index contributed by atoms with van der Waals surface area (Å²) >= 11 is 19.6. The fourth-order valence-corrected chi connectivity index (χ4v) is 5.55. The zero-order chi connectivity index (χ0) is 24.7. The number of benzene rings is 3. The van der Waals surface area contributed by atoms with E-state index in [2.05, 4.69) is 0 Å². The van der Waals surface area contributed by atoms with E-state index in [0.29, 0.717) is 32.1 Å². The Labute approximate surface area is 219 Å². The Morgan fingerprint density at radius 2 is 1.63 bits per heavy atom. The second-order valence-corrected chi connectivity index (χ2v) is 10.1. The van der Waals surface area contributed by atoms with Crippen molar-refractivity contribution >= 4 is 74.7 Å². The predicted octanol–water partition coefficient (Wildman–Crippen LogP) is 8.03. The summed E-state index contributed by atoms with van der Waals surface area (Å²) in [7, 11) is 0. The summed E-state index contributed by atoms with van der Waals surface area (Å²) in [5.41, 5.74) is 2.98. The van der Waals surface area contributed by atoms with Crippen LogP contribution in [0.2, 0.25) is 15.1 Å². The third kappa shape index (κ3) is 4.71. The molecule has 3 aromatic carbocycles. The van der Waals surface area contributed by atoms with E-state index in [4.69, 9.17) is 34.8 Å². The highest BCUT2D eigenvalue weighted by Crippen LogP contribution is 2.37. The Balaban J connectivity index is 1.48. The molecule has 9 heteroatoms. The number of hydrogen-bond donors (Lipinski definition) is 0. The minimum Gasteiger partial charge on any atom is -0.342 e. The maximum absolute atomic E-state index is 13.5. The topological polar surface area (TPSA) is 42.3 Å². The van der Waals surface area contributed by atoms with Gasteiger partial charge in [-0.2, -0.15) is 0 Å². The minimum absolute atomic E-state index is 0.00859. The van der Waals surface area contributed by atoms with Gasteiger partial charge in [-0.25, -0.2) is 4.39 Å². The predicted molar refractivity (Wildman–Crippen MR) is 140 cm³/mol.